The lowest BCUT2D eigenvalue weighted by Gasteiger charge is -2.20. The molecule has 0 aromatic heterocycles. The first kappa shape index (κ1) is 71.4. The van der Waals surface area contributed by atoms with Gasteiger partial charge in [-0.25, -0.2) is 8.98 Å². The second-order valence-corrected chi connectivity index (χ2v) is 20.5. The summed E-state index contributed by atoms with van der Waals surface area (Å²) in [7, 11) is -4.20. The lowest BCUT2D eigenvalue weighted by Crippen LogP contribution is -2.23. The zero-order valence-corrected chi connectivity index (χ0v) is 47.8. The van der Waals surface area contributed by atoms with Gasteiger partial charge in [-0.3, -0.25) is 9.59 Å². The summed E-state index contributed by atoms with van der Waals surface area (Å²) < 4.78 is 44.1. The van der Waals surface area contributed by atoms with Gasteiger partial charge in [0.15, 0.2) is 0 Å². The summed E-state index contributed by atoms with van der Waals surface area (Å²) in [6, 6.07) is 0. The zero-order valence-electron chi connectivity index (χ0n) is 47.0. The predicted octanol–water partition coefficient (Wildman–Crippen LogP) is 13.5. The molecule has 2 aliphatic carbocycles. The predicted molar refractivity (Wildman–Crippen MR) is 303 cm³/mol. The number of esters is 3. The van der Waals surface area contributed by atoms with Gasteiger partial charge in [-0.05, 0) is 178 Å². The Morgan fingerprint density at radius 2 is 0.973 bits per heavy atom. The molecule has 2 rings (SSSR count). The minimum Gasteiger partial charge on any atom is -0.463 e. The number of allylic oxidation sites excluding steroid dienone is 18. The van der Waals surface area contributed by atoms with Crippen molar-refractivity contribution in [3.63, 3.8) is 0 Å². The van der Waals surface area contributed by atoms with Crippen molar-refractivity contribution in [3.8, 4) is 0 Å². The van der Waals surface area contributed by atoms with Crippen LogP contribution in [0.5, 0.6) is 0 Å². The van der Waals surface area contributed by atoms with Crippen LogP contribution in [0, 0.1) is 11.8 Å². The first-order valence-electron chi connectivity index (χ1n) is 26.3. The molecule has 2 aliphatic rings. The number of nitrogens with two attached hydrogens (primary N) is 1. The van der Waals surface area contributed by atoms with E-state index in [9.17, 15) is 22.8 Å². The van der Waals surface area contributed by atoms with Crippen LogP contribution < -0.4 is 5.90 Å². The van der Waals surface area contributed by atoms with Crippen molar-refractivity contribution in [1.29, 1.82) is 0 Å². The van der Waals surface area contributed by atoms with Crippen molar-refractivity contribution in [1.82, 2.24) is 0 Å². The van der Waals surface area contributed by atoms with E-state index in [1.807, 2.05) is 6.08 Å². The van der Waals surface area contributed by atoms with Crippen LogP contribution in [0.4, 0.5) is 0 Å². The van der Waals surface area contributed by atoms with Gasteiger partial charge in [-0.1, -0.05) is 125 Å². The summed E-state index contributed by atoms with van der Waals surface area (Å²) in [5.41, 5.74) is 12.5. The van der Waals surface area contributed by atoms with E-state index >= 15 is 0 Å². The molecule has 0 saturated heterocycles. The van der Waals surface area contributed by atoms with Gasteiger partial charge < -0.3 is 24.4 Å². The molecule has 0 amide bonds. The summed E-state index contributed by atoms with van der Waals surface area (Å²) in [6.45, 7) is 29.6. The third-order valence-electron chi connectivity index (χ3n) is 11.6. The van der Waals surface area contributed by atoms with Crippen LogP contribution >= 0.6 is 0 Å². The van der Waals surface area contributed by atoms with E-state index in [1.165, 1.54) is 51.0 Å². The van der Waals surface area contributed by atoms with E-state index in [4.69, 9.17) is 19.7 Å². The molecule has 0 saturated carbocycles. The number of hydrogen-bond acceptors (Lipinski definition) is 13. The van der Waals surface area contributed by atoms with E-state index < -0.39 is 16.4 Å². The van der Waals surface area contributed by atoms with Gasteiger partial charge in [0.25, 0.3) is 0 Å². The molecule has 13 nitrogen and oxygen atoms in total. The lowest BCUT2D eigenvalue weighted by atomic mass is 9.87. The van der Waals surface area contributed by atoms with Crippen molar-refractivity contribution >= 4 is 28.3 Å². The number of carbonyl (C=O) groups excluding carboxylic acids is 3. The number of hydrogen-bond donors (Lipinski definition) is 3. The quantitative estimate of drug-likeness (QED) is 0.0113. The largest absolute Gasteiger partial charge is 0.463 e. The van der Waals surface area contributed by atoms with Gasteiger partial charge in [0.05, 0.1) is 25.0 Å². The Labute approximate surface area is 448 Å². The zero-order chi connectivity index (χ0) is 56.2. The average Bonchev–Trinajstić information content (AvgIpc) is 3.36. The van der Waals surface area contributed by atoms with Crippen LogP contribution in [0.1, 0.15) is 178 Å². The van der Waals surface area contributed by atoms with Crippen LogP contribution in [0.25, 0.3) is 0 Å². The number of rotatable bonds is 31. The molecule has 0 aromatic rings. The summed E-state index contributed by atoms with van der Waals surface area (Å²) >= 11 is 0. The highest BCUT2D eigenvalue weighted by molar-refractivity contribution is 7.81. The molecule has 420 valence electrons. The SMILES string of the molecule is C=CC(=C)CC/C=C(\C)CCC=C(C)C.C=CC(=O)OCCO.CC(C)=CCC/C(C)=C/CCC1=CC[C@@H](C(=O)OCCO)CC1.CC(C)=CCC/C(C)=C/CCC1=CC[C@@H](C(=O)OCCOS(=O)(=O)ON)CC1. The molecule has 4 N–H and O–H groups in total. The number of aliphatic hydroxyl groups excluding tert-OH is 2. The maximum Gasteiger partial charge on any atom is 0.416 e. The molecule has 0 radical (unpaired) electrons. The van der Waals surface area contributed by atoms with Gasteiger partial charge in [-0.15, -0.1) is 0 Å². The van der Waals surface area contributed by atoms with E-state index in [0.29, 0.717) is 6.42 Å². The Morgan fingerprint density at radius 1 is 0.581 bits per heavy atom. The Bertz CT molecular complexity index is 2020. The molecule has 0 aromatic carbocycles. The van der Waals surface area contributed by atoms with Crippen LogP contribution in [0.15, 0.2) is 131 Å². The van der Waals surface area contributed by atoms with E-state index in [0.717, 1.165) is 114 Å². The van der Waals surface area contributed by atoms with Crippen molar-refractivity contribution in [2.45, 2.75) is 178 Å². The fourth-order valence-electron chi connectivity index (χ4n) is 7.24. The van der Waals surface area contributed by atoms with Gasteiger partial charge in [-0.2, -0.15) is 18.6 Å². The highest BCUT2D eigenvalue weighted by Crippen LogP contribution is 2.29. The monoisotopic (exact) mass is 1060 g/mol. The molecule has 14 heteroatoms. The van der Waals surface area contributed by atoms with E-state index in [1.54, 1.807) is 0 Å². The standard InChI is InChI=1S/C20H33NO6S.C20H32O3.C15H24.C5H8O3/c1-16(2)6-4-7-17(3)8-5-9-18-10-12-19(13-11-18)20(22)25-14-15-26-28(23,24)27-21;1-16(2)6-4-7-17(3)8-5-9-18-10-12-19(13-11-18)20(22)23-15-14-21;1-6-14(4)10-8-12-15(5)11-7-9-13(2)3;1-2-5(7)8-4-3-6/h6,8,10,19H,4-5,7,9,11-15,21H2,1-3H3;6,8,10,19,21H,4-5,7,9,11-15H2,1-3H3;6,9,12H,1,4,7-8,10-11H2,2-3,5H3;2,6H,1,3-4H2/b2*17-8+;15-12+;/t2*19-;;/m11../s1. The molecule has 0 aliphatic heterocycles. The summed E-state index contributed by atoms with van der Waals surface area (Å²) in [5.74, 6) is 3.32. The molecule has 74 heavy (non-hydrogen) atoms. The van der Waals surface area contributed by atoms with Gasteiger partial charge in [0.2, 0.25) is 0 Å². The second-order valence-electron chi connectivity index (χ2n) is 19.2. The fraction of sp³-hybridized carbons (Fsp3) is 0.583. The highest BCUT2D eigenvalue weighted by atomic mass is 32.3. The Balaban J connectivity index is 0. The van der Waals surface area contributed by atoms with Gasteiger partial charge in [0.1, 0.15) is 26.4 Å². The van der Waals surface area contributed by atoms with Crippen LogP contribution in [0.2, 0.25) is 0 Å². The number of ether oxygens (including phenoxy) is 3. The third-order valence-corrected chi connectivity index (χ3v) is 12.3. The molecule has 2 atom stereocenters. The summed E-state index contributed by atoms with van der Waals surface area (Å²) in [5, 5.41) is 16.8. The Kier molecular flexibility index (Phi) is 44.1. The first-order valence-corrected chi connectivity index (χ1v) is 27.6. The average molecular weight is 1060 g/mol. The third kappa shape index (κ3) is 43.7. The van der Waals surface area contributed by atoms with Crippen LogP contribution in [-0.4, -0.2) is 76.2 Å². The van der Waals surface area contributed by atoms with E-state index in [2.05, 4.69) is 150 Å². The van der Waals surface area contributed by atoms with Crippen molar-refractivity contribution in [2.24, 2.45) is 17.7 Å². The second kappa shape index (κ2) is 45.7. The molecule has 0 bridgehead atoms. The van der Waals surface area contributed by atoms with E-state index in [-0.39, 0.29) is 63.4 Å². The topological polar surface area (TPSA) is 198 Å². The maximum atomic E-state index is 12.0. The van der Waals surface area contributed by atoms with Gasteiger partial charge in [0, 0.05) is 6.08 Å². The van der Waals surface area contributed by atoms with Crippen molar-refractivity contribution in [3.05, 3.63) is 131 Å². The molecule has 0 unspecified atom stereocenters. The Morgan fingerprint density at radius 3 is 1.32 bits per heavy atom. The van der Waals surface area contributed by atoms with Gasteiger partial charge >= 0.3 is 28.3 Å². The van der Waals surface area contributed by atoms with Crippen LogP contribution in [0.3, 0.4) is 0 Å². The highest BCUT2D eigenvalue weighted by Gasteiger charge is 2.24. The first-order chi connectivity index (χ1) is 35.1. The fourth-order valence-corrected chi connectivity index (χ4v) is 7.57. The molecule has 0 fully saturated rings. The number of aliphatic hydroxyl groups is 2. The maximum absolute atomic E-state index is 12.0. The van der Waals surface area contributed by atoms with Crippen molar-refractivity contribution < 1.29 is 55.7 Å². The molecular formula is C60H97NO12S. The lowest BCUT2D eigenvalue weighted by molar-refractivity contribution is -0.150. The molecular weight excluding hydrogens is 959 g/mol. The Hall–Kier alpha value is -4.70. The summed E-state index contributed by atoms with van der Waals surface area (Å²) in [6.07, 6.45) is 39.1. The molecule has 0 heterocycles. The smallest absolute Gasteiger partial charge is 0.416 e. The molecule has 0 spiro atoms. The van der Waals surface area contributed by atoms with Crippen LogP contribution in [-0.2, 0) is 47.5 Å². The normalized spacial score (nSPS) is 15.5. The number of carbonyl (C=O) groups is 3. The summed E-state index contributed by atoms with van der Waals surface area (Å²) in [4.78, 5) is 33.9. The minimum atomic E-state index is -4.20. The minimum absolute atomic E-state index is 0.0216. The van der Waals surface area contributed by atoms with Crippen molar-refractivity contribution in [2.75, 3.05) is 39.6 Å².